The van der Waals surface area contributed by atoms with E-state index in [1.54, 1.807) is 30.0 Å². The Bertz CT molecular complexity index is 1080. The fourth-order valence-corrected chi connectivity index (χ4v) is 5.35. The molecule has 0 aromatic heterocycles. The molecule has 2 atom stereocenters. The number of allylic oxidation sites excluding steroid dienone is 4. The molecule has 3 heteroatoms. The molecule has 2 unspecified atom stereocenters. The molecule has 2 aromatic rings. The first-order chi connectivity index (χ1) is 14.4. The molecule has 152 valence electrons. The van der Waals surface area contributed by atoms with E-state index in [0.717, 1.165) is 12.0 Å². The Morgan fingerprint density at radius 1 is 1.17 bits per heavy atom. The average molecular weight is 415 g/mol. The highest BCUT2D eigenvalue weighted by molar-refractivity contribution is 8.08. The molecule has 0 radical (unpaired) electrons. The van der Waals surface area contributed by atoms with Gasteiger partial charge in [-0.05, 0) is 46.7 Å². The number of carboxylic acid groups (broad SMARTS) is 1. The summed E-state index contributed by atoms with van der Waals surface area (Å²) in [6.07, 6.45) is 12.3. The highest BCUT2D eigenvalue weighted by Crippen LogP contribution is 2.48. The van der Waals surface area contributed by atoms with Gasteiger partial charge in [-0.2, -0.15) is 0 Å². The van der Waals surface area contributed by atoms with Crippen molar-refractivity contribution in [1.29, 1.82) is 0 Å². The summed E-state index contributed by atoms with van der Waals surface area (Å²) in [5.41, 5.74) is 2.41. The van der Waals surface area contributed by atoms with Crippen molar-refractivity contribution in [2.45, 2.75) is 36.5 Å². The number of rotatable bonds is 5. The summed E-state index contributed by atoms with van der Waals surface area (Å²) >= 11 is 1.77. The lowest BCUT2D eigenvalue weighted by Gasteiger charge is -2.35. The molecule has 0 amide bonds. The van der Waals surface area contributed by atoms with Gasteiger partial charge in [-0.3, -0.25) is 4.79 Å². The quantitative estimate of drug-likeness (QED) is 0.537. The molecule has 0 bridgehead atoms. The summed E-state index contributed by atoms with van der Waals surface area (Å²) in [6.45, 7) is 8.38. The van der Waals surface area contributed by atoms with E-state index in [-0.39, 0.29) is 11.3 Å². The van der Waals surface area contributed by atoms with Crippen molar-refractivity contribution in [3.8, 4) is 0 Å². The largest absolute Gasteiger partial charge is 0.480 e. The predicted molar refractivity (Wildman–Crippen MR) is 126 cm³/mol. The van der Waals surface area contributed by atoms with Crippen LogP contribution in [0.3, 0.4) is 0 Å². The minimum atomic E-state index is -1.14. The first-order valence-electron chi connectivity index (χ1n) is 10.2. The first kappa shape index (κ1) is 20.5. The second-order valence-corrected chi connectivity index (χ2v) is 9.66. The molecule has 1 N–H and O–H groups in total. The maximum absolute atomic E-state index is 12.2. The minimum absolute atomic E-state index is 0.0409. The average Bonchev–Trinajstić information content (AvgIpc) is 2.76. The van der Waals surface area contributed by atoms with E-state index in [1.807, 2.05) is 18.2 Å². The Hall–Kier alpha value is -2.78. The van der Waals surface area contributed by atoms with Gasteiger partial charge >= 0.3 is 5.97 Å². The van der Waals surface area contributed by atoms with Gasteiger partial charge in [-0.25, -0.2) is 0 Å². The van der Waals surface area contributed by atoms with E-state index in [0.29, 0.717) is 0 Å². The summed E-state index contributed by atoms with van der Waals surface area (Å²) in [7, 11) is 0. The second-order valence-electron chi connectivity index (χ2n) is 8.54. The summed E-state index contributed by atoms with van der Waals surface area (Å²) in [5, 5.41) is 10.0. The van der Waals surface area contributed by atoms with Crippen LogP contribution in [0.15, 0.2) is 96.5 Å². The van der Waals surface area contributed by atoms with Crippen LogP contribution in [0.25, 0.3) is 4.91 Å². The van der Waals surface area contributed by atoms with Gasteiger partial charge in [0.2, 0.25) is 0 Å². The fraction of sp³-hybridized carbons (Fsp3) is 0.222. The van der Waals surface area contributed by atoms with Crippen molar-refractivity contribution in [2.75, 3.05) is 0 Å². The highest BCUT2D eigenvalue weighted by atomic mass is 32.2. The lowest BCUT2D eigenvalue weighted by Crippen LogP contribution is -2.34. The van der Waals surface area contributed by atoms with Crippen LogP contribution in [-0.4, -0.2) is 11.1 Å². The van der Waals surface area contributed by atoms with Crippen LogP contribution in [0, 0.1) is 5.41 Å². The normalized spacial score (nSPS) is 24.1. The fourth-order valence-electron chi connectivity index (χ4n) is 4.36. The van der Waals surface area contributed by atoms with Gasteiger partial charge in [0.05, 0.1) is 0 Å². The summed E-state index contributed by atoms with van der Waals surface area (Å²) < 4.78 is 0. The van der Waals surface area contributed by atoms with Crippen LogP contribution >= 0.6 is 11.8 Å². The Morgan fingerprint density at radius 2 is 1.93 bits per heavy atom. The smallest absolute Gasteiger partial charge is 0.318 e. The molecule has 0 saturated heterocycles. The number of fused-ring (bicyclic) bond motifs is 1. The number of benzene rings is 2. The topological polar surface area (TPSA) is 37.3 Å². The van der Waals surface area contributed by atoms with Crippen LogP contribution < -0.4 is 0 Å². The number of carboxylic acids is 1. The van der Waals surface area contributed by atoms with E-state index < -0.39 is 11.4 Å². The molecule has 0 aliphatic heterocycles. The Labute approximate surface area is 182 Å². The summed E-state index contributed by atoms with van der Waals surface area (Å²) in [5.74, 6) is -1.17. The summed E-state index contributed by atoms with van der Waals surface area (Å²) in [6, 6.07) is 16.8. The van der Waals surface area contributed by atoms with Crippen LogP contribution in [0.2, 0.25) is 0 Å². The lowest BCUT2D eigenvalue weighted by atomic mass is 9.68. The van der Waals surface area contributed by atoms with Crippen molar-refractivity contribution in [2.24, 2.45) is 5.41 Å². The van der Waals surface area contributed by atoms with Crippen molar-refractivity contribution in [3.63, 3.8) is 0 Å². The zero-order valence-electron chi connectivity index (χ0n) is 17.3. The second kappa shape index (κ2) is 7.81. The zero-order chi connectivity index (χ0) is 21.4. The maximum atomic E-state index is 12.2. The number of carbonyl (C=O) groups is 1. The van der Waals surface area contributed by atoms with Crippen LogP contribution in [0.4, 0.5) is 0 Å². The Morgan fingerprint density at radius 3 is 2.63 bits per heavy atom. The summed E-state index contributed by atoms with van der Waals surface area (Å²) in [4.78, 5) is 14.6. The van der Waals surface area contributed by atoms with Gasteiger partial charge in [0, 0.05) is 15.7 Å². The third kappa shape index (κ3) is 3.48. The lowest BCUT2D eigenvalue weighted by molar-refractivity contribution is -0.144. The standard InChI is InChI=1S/C27H26O2S/c1-4-27(25(28)29)16-9-8-12-22(27)19-13-14-23-21(18-19)24(15-17-26(23,2)3)30-20-10-6-5-7-11-20/h4-16,18,22H,1,17H2,2-3H3,(H,28,29). The van der Waals surface area contributed by atoms with Gasteiger partial charge in [0.25, 0.3) is 0 Å². The molecule has 0 fully saturated rings. The van der Waals surface area contributed by atoms with Gasteiger partial charge in [-0.1, -0.05) is 92.4 Å². The Kier molecular flexibility index (Phi) is 5.33. The van der Waals surface area contributed by atoms with E-state index in [4.69, 9.17) is 0 Å². The number of thioether (sulfide) groups is 1. The predicted octanol–water partition coefficient (Wildman–Crippen LogP) is 6.97. The molecule has 0 saturated carbocycles. The molecule has 4 rings (SSSR count). The van der Waals surface area contributed by atoms with Crippen molar-refractivity contribution < 1.29 is 9.90 Å². The number of hydrogen-bond acceptors (Lipinski definition) is 2. The van der Waals surface area contributed by atoms with Crippen LogP contribution in [0.5, 0.6) is 0 Å². The van der Waals surface area contributed by atoms with Gasteiger partial charge in [-0.15, -0.1) is 6.58 Å². The molecule has 2 nitrogen and oxygen atoms in total. The number of aliphatic carboxylic acids is 1. The van der Waals surface area contributed by atoms with Gasteiger partial charge in [0.15, 0.2) is 0 Å². The molecule has 2 aliphatic rings. The third-order valence-electron chi connectivity index (χ3n) is 6.18. The minimum Gasteiger partial charge on any atom is -0.480 e. The maximum Gasteiger partial charge on any atom is 0.318 e. The van der Waals surface area contributed by atoms with Crippen molar-refractivity contribution in [3.05, 3.63) is 108 Å². The monoisotopic (exact) mass is 414 g/mol. The molecule has 2 aliphatic carbocycles. The van der Waals surface area contributed by atoms with Crippen LogP contribution in [0.1, 0.15) is 42.9 Å². The van der Waals surface area contributed by atoms with E-state index in [1.165, 1.54) is 20.9 Å². The Balaban J connectivity index is 1.81. The van der Waals surface area contributed by atoms with Gasteiger partial charge in [0.1, 0.15) is 5.41 Å². The molecular weight excluding hydrogens is 388 g/mol. The van der Waals surface area contributed by atoms with Crippen molar-refractivity contribution in [1.82, 2.24) is 0 Å². The molecule has 30 heavy (non-hydrogen) atoms. The zero-order valence-corrected chi connectivity index (χ0v) is 18.2. The molecular formula is C27H26O2S. The molecule has 2 aromatic carbocycles. The molecule has 0 heterocycles. The highest BCUT2D eigenvalue weighted by Gasteiger charge is 2.42. The van der Waals surface area contributed by atoms with E-state index >= 15 is 0 Å². The van der Waals surface area contributed by atoms with Gasteiger partial charge < -0.3 is 5.11 Å². The SMILES string of the molecule is C=CC1(C(=O)O)C=CC=CC1c1ccc2c(c1)C(Sc1ccccc1)=CCC2(C)C. The van der Waals surface area contributed by atoms with E-state index in [2.05, 4.69) is 69.0 Å². The molecule has 0 spiro atoms. The first-order valence-corrected chi connectivity index (χ1v) is 11.0. The third-order valence-corrected chi connectivity index (χ3v) is 7.29. The van der Waals surface area contributed by atoms with E-state index in [9.17, 15) is 9.90 Å². The van der Waals surface area contributed by atoms with Crippen LogP contribution in [-0.2, 0) is 10.2 Å². The van der Waals surface area contributed by atoms with Crippen molar-refractivity contribution >= 4 is 22.6 Å². The number of hydrogen-bond donors (Lipinski definition) is 1.